The number of ketones is 2. The van der Waals surface area contributed by atoms with E-state index >= 15 is 0 Å². The van der Waals surface area contributed by atoms with Gasteiger partial charge in [-0.25, -0.2) is 0 Å². The fourth-order valence-electron chi connectivity index (χ4n) is 3.18. The molecule has 2 aromatic rings. The molecule has 0 heterocycles. The van der Waals surface area contributed by atoms with Gasteiger partial charge in [0.15, 0.2) is 11.6 Å². The molecule has 8 heteroatoms. The molecule has 0 radical (unpaired) electrons. The SMILES string of the molecule is CC(=O)Oc1c(CBr)c(CBr)c(OC(C)=O)c2c1C(=O)c1ccccc1C2=O. The minimum atomic E-state index is -0.635. The first-order chi connectivity index (χ1) is 13.3. The van der Waals surface area contributed by atoms with Gasteiger partial charge in [-0.1, -0.05) is 56.1 Å². The van der Waals surface area contributed by atoms with Crippen molar-refractivity contribution in [2.45, 2.75) is 24.5 Å². The van der Waals surface area contributed by atoms with Crippen LogP contribution in [0.3, 0.4) is 0 Å². The summed E-state index contributed by atoms with van der Waals surface area (Å²) in [6, 6.07) is 6.36. The number of alkyl halides is 2. The monoisotopic (exact) mass is 508 g/mol. The molecule has 2 aromatic carbocycles. The van der Waals surface area contributed by atoms with E-state index in [0.717, 1.165) is 0 Å². The first kappa shape index (κ1) is 20.4. The second kappa shape index (κ2) is 7.97. The first-order valence-corrected chi connectivity index (χ1v) is 10.4. The van der Waals surface area contributed by atoms with Crippen LogP contribution < -0.4 is 9.47 Å². The maximum Gasteiger partial charge on any atom is 0.308 e. The molecule has 0 N–H and O–H groups in total. The number of fused-ring (bicyclic) bond motifs is 2. The van der Waals surface area contributed by atoms with E-state index in [-0.39, 0.29) is 44.4 Å². The topological polar surface area (TPSA) is 86.7 Å². The highest BCUT2D eigenvalue weighted by atomic mass is 79.9. The largest absolute Gasteiger partial charge is 0.426 e. The Bertz CT molecular complexity index is 959. The van der Waals surface area contributed by atoms with Gasteiger partial charge in [0.05, 0.1) is 11.1 Å². The maximum atomic E-state index is 13.3. The number of carbonyl (C=O) groups is 4. The van der Waals surface area contributed by atoms with Crippen molar-refractivity contribution in [3.63, 3.8) is 0 Å². The van der Waals surface area contributed by atoms with Crippen molar-refractivity contribution in [2.75, 3.05) is 0 Å². The smallest absolute Gasteiger partial charge is 0.308 e. The minimum Gasteiger partial charge on any atom is -0.426 e. The van der Waals surface area contributed by atoms with Gasteiger partial charge in [0.2, 0.25) is 0 Å². The van der Waals surface area contributed by atoms with E-state index in [1.54, 1.807) is 12.1 Å². The third-order valence-corrected chi connectivity index (χ3v) is 5.37. The van der Waals surface area contributed by atoms with E-state index < -0.39 is 23.5 Å². The van der Waals surface area contributed by atoms with Gasteiger partial charge >= 0.3 is 11.9 Å². The molecule has 0 saturated carbocycles. The van der Waals surface area contributed by atoms with Crippen molar-refractivity contribution < 1.29 is 28.7 Å². The number of benzene rings is 2. The summed E-state index contributed by atoms with van der Waals surface area (Å²) in [5.41, 5.74) is 1.15. The van der Waals surface area contributed by atoms with E-state index in [1.807, 2.05) is 0 Å². The first-order valence-electron chi connectivity index (χ1n) is 8.20. The highest BCUT2D eigenvalue weighted by molar-refractivity contribution is 9.09. The predicted molar refractivity (Wildman–Crippen MR) is 108 cm³/mol. The summed E-state index contributed by atoms with van der Waals surface area (Å²) < 4.78 is 10.7. The number of carbonyl (C=O) groups excluding carboxylic acids is 4. The number of halogens is 2. The molecule has 0 spiro atoms. The Morgan fingerprint density at radius 2 is 1.14 bits per heavy atom. The molecule has 3 rings (SSSR count). The number of rotatable bonds is 4. The van der Waals surface area contributed by atoms with Gasteiger partial charge in [0.25, 0.3) is 0 Å². The van der Waals surface area contributed by atoms with Crippen LogP contribution >= 0.6 is 31.9 Å². The molecule has 0 aliphatic heterocycles. The Morgan fingerprint density at radius 3 is 1.43 bits per heavy atom. The summed E-state index contributed by atoms with van der Waals surface area (Å²) in [6.07, 6.45) is 0. The fourth-order valence-corrected chi connectivity index (χ4v) is 4.37. The standard InChI is InChI=1S/C20H14Br2O6/c1-9(23)27-19-13(7-21)14(8-22)20(28-10(2)24)16-15(19)17(25)11-5-3-4-6-12(11)18(16)26/h3-6H,7-8H2,1-2H3. The average molecular weight is 510 g/mol. The van der Waals surface area contributed by atoms with Crippen molar-refractivity contribution >= 4 is 55.4 Å². The van der Waals surface area contributed by atoms with Gasteiger partial charge in [-0.3, -0.25) is 19.2 Å². The molecule has 0 aromatic heterocycles. The van der Waals surface area contributed by atoms with Gasteiger partial charge < -0.3 is 9.47 Å². The third-order valence-electron chi connectivity index (χ3n) is 4.25. The molecular formula is C20H14Br2O6. The summed E-state index contributed by atoms with van der Waals surface area (Å²) >= 11 is 6.67. The molecule has 1 aliphatic carbocycles. The van der Waals surface area contributed by atoms with Gasteiger partial charge in [0, 0.05) is 46.8 Å². The number of ether oxygens (including phenoxy) is 2. The second-order valence-electron chi connectivity index (χ2n) is 6.02. The van der Waals surface area contributed by atoms with Crippen LogP contribution in [0.2, 0.25) is 0 Å². The summed E-state index contributed by atoms with van der Waals surface area (Å²) in [7, 11) is 0. The molecule has 0 fully saturated rings. The Hall–Kier alpha value is -2.32. The molecule has 0 amide bonds. The Labute approximate surface area is 177 Å². The van der Waals surface area contributed by atoms with E-state index in [2.05, 4.69) is 31.9 Å². The number of hydrogen-bond acceptors (Lipinski definition) is 6. The van der Waals surface area contributed by atoms with Crippen LogP contribution in [0.5, 0.6) is 11.5 Å². The molecular weight excluding hydrogens is 496 g/mol. The number of hydrogen-bond donors (Lipinski definition) is 0. The maximum absolute atomic E-state index is 13.3. The van der Waals surface area contributed by atoms with Gasteiger partial charge in [-0.2, -0.15) is 0 Å². The van der Waals surface area contributed by atoms with Crippen molar-refractivity contribution in [2.24, 2.45) is 0 Å². The normalized spacial score (nSPS) is 12.3. The zero-order chi connectivity index (χ0) is 20.6. The quantitative estimate of drug-likeness (QED) is 0.299. The lowest BCUT2D eigenvalue weighted by molar-refractivity contribution is -0.133. The Morgan fingerprint density at radius 1 is 0.786 bits per heavy atom. The molecule has 6 nitrogen and oxygen atoms in total. The highest BCUT2D eigenvalue weighted by Gasteiger charge is 2.39. The summed E-state index contributed by atoms with van der Waals surface area (Å²) in [5.74, 6) is -2.22. The summed E-state index contributed by atoms with van der Waals surface area (Å²) in [4.78, 5) is 50.0. The summed E-state index contributed by atoms with van der Waals surface area (Å²) in [5, 5.41) is 0.419. The van der Waals surface area contributed by atoms with Crippen molar-refractivity contribution in [3.05, 3.63) is 57.6 Å². The van der Waals surface area contributed by atoms with Crippen LogP contribution in [0.1, 0.15) is 56.8 Å². The molecule has 144 valence electrons. The summed E-state index contributed by atoms with van der Waals surface area (Å²) in [6.45, 7) is 2.42. The molecule has 28 heavy (non-hydrogen) atoms. The zero-order valence-electron chi connectivity index (χ0n) is 14.9. The number of esters is 2. The van der Waals surface area contributed by atoms with Crippen LogP contribution in [-0.2, 0) is 20.2 Å². The average Bonchev–Trinajstić information content (AvgIpc) is 2.65. The van der Waals surface area contributed by atoms with E-state index in [9.17, 15) is 19.2 Å². The Balaban J connectivity index is 2.48. The van der Waals surface area contributed by atoms with E-state index in [0.29, 0.717) is 11.1 Å². The van der Waals surface area contributed by atoms with Gasteiger partial charge in [-0.15, -0.1) is 0 Å². The van der Waals surface area contributed by atoms with Crippen LogP contribution in [-0.4, -0.2) is 23.5 Å². The predicted octanol–water partition coefficient (Wildman–Crippen LogP) is 4.10. The fraction of sp³-hybridized carbons (Fsp3) is 0.200. The minimum absolute atomic E-state index is 0.00224. The lowest BCUT2D eigenvalue weighted by Crippen LogP contribution is -2.26. The van der Waals surface area contributed by atoms with Crippen molar-refractivity contribution in [1.29, 1.82) is 0 Å². The van der Waals surface area contributed by atoms with Crippen molar-refractivity contribution in [1.82, 2.24) is 0 Å². The second-order valence-corrected chi connectivity index (χ2v) is 7.15. The highest BCUT2D eigenvalue weighted by Crippen LogP contribution is 2.45. The zero-order valence-corrected chi connectivity index (χ0v) is 18.1. The van der Waals surface area contributed by atoms with Crippen LogP contribution in [0.4, 0.5) is 0 Å². The molecule has 0 atom stereocenters. The van der Waals surface area contributed by atoms with Crippen LogP contribution in [0, 0.1) is 0 Å². The molecule has 0 unspecified atom stereocenters. The van der Waals surface area contributed by atoms with E-state index in [1.165, 1.54) is 26.0 Å². The van der Waals surface area contributed by atoms with Crippen LogP contribution in [0.25, 0.3) is 0 Å². The lowest BCUT2D eigenvalue weighted by atomic mass is 9.81. The molecule has 0 bridgehead atoms. The van der Waals surface area contributed by atoms with Crippen LogP contribution in [0.15, 0.2) is 24.3 Å². The third kappa shape index (κ3) is 3.31. The lowest BCUT2D eigenvalue weighted by Gasteiger charge is -2.26. The Kier molecular flexibility index (Phi) is 5.81. The van der Waals surface area contributed by atoms with Gasteiger partial charge in [0.1, 0.15) is 11.5 Å². The molecule has 1 aliphatic rings. The van der Waals surface area contributed by atoms with E-state index in [4.69, 9.17) is 9.47 Å². The van der Waals surface area contributed by atoms with Gasteiger partial charge in [-0.05, 0) is 0 Å². The van der Waals surface area contributed by atoms with Crippen molar-refractivity contribution in [3.8, 4) is 11.5 Å². The molecule has 0 saturated heterocycles.